The Morgan fingerprint density at radius 2 is 2.29 bits per heavy atom. The highest BCUT2D eigenvalue weighted by atomic mass is 16.5. The summed E-state index contributed by atoms with van der Waals surface area (Å²) < 4.78 is 4.83. The van der Waals surface area contributed by atoms with Gasteiger partial charge in [0.25, 0.3) is 0 Å². The van der Waals surface area contributed by atoms with Crippen molar-refractivity contribution in [3.8, 4) is 0 Å². The van der Waals surface area contributed by atoms with Crippen molar-refractivity contribution in [2.45, 2.75) is 39.7 Å². The highest BCUT2D eigenvalue weighted by molar-refractivity contribution is 5.77. The number of carbonyl (C=O) groups excluding carboxylic acids is 1. The van der Waals surface area contributed by atoms with Crippen molar-refractivity contribution in [3.63, 3.8) is 0 Å². The van der Waals surface area contributed by atoms with Crippen molar-refractivity contribution in [1.29, 1.82) is 0 Å². The zero-order valence-corrected chi connectivity index (χ0v) is 10.6. The number of hydrogen-bond acceptors (Lipinski definition) is 5. The number of nitrogens with one attached hydrogen (secondary N) is 2. The van der Waals surface area contributed by atoms with Crippen LogP contribution < -0.4 is 10.6 Å². The van der Waals surface area contributed by atoms with E-state index in [-0.39, 0.29) is 5.91 Å². The number of rotatable bonds is 7. The second-order valence-corrected chi connectivity index (χ2v) is 4.02. The van der Waals surface area contributed by atoms with E-state index in [1.807, 2.05) is 0 Å². The first kappa shape index (κ1) is 13.6. The first-order chi connectivity index (χ1) is 8.11. The van der Waals surface area contributed by atoms with Gasteiger partial charge in [-0.05, 0) is 13.3 Å². The zero-order valence-electron chi connectivity index (χ0n) is 10.6. The minimum atomic E-state index is -0.00878. The van der Waals surface area contributed by atoms with Crippen LogP contribution in [0.5, 0.6) is 0 Å². The Hall–Kier alpha value is -1.43. The molecule has 1 amide bonds. The fourth-order valence-electron chi connectivity index (χ4n) is 1.23. The summed E-state index contributed by atoms with van der Waals surface area (Å²) in [5.74, 6) is 1.16. The molecule has 6 heteroatoms. The Bertz CT molecular complexity index is 351. The average molecular weight is 240 g/mol. The Kier molecular flexibility index (Phi) is 5.62. The third-order valence-electron chi connectivity index (χ3n) is 2.46. The van der Waals surface area contributed by atoms with E-state index in [2.05, 4.69) is 34.6 Å². The Balaban J connectivity index is 2.12. The Morgan fingerprint density at radius 1 is 1.53 bits per heavy atom. The average Bonchev–Trinajstić information content (AvgIpc) is 2.72. The van der Waals surface area contributed by atoms with Gasteiger partial charge in [-0.25, -0.2) is 0 Å². The molecule has 1 aromatic rings. The molecule has 0 radical (unpaired) electrons. The summed E-state index contributed by atoms with van der Waals surface area (Å²) in [5, 5.41) is 9.67. The molecule has 1 aromatic heterocycles. The highest BCUT2D eigenvalue weighted by Gasteiger charge is 2.05. The van der Waals surface area contributed by atoms with Crippen molar-refractivity contribution in [3.05, 3.63) is 11.7 Å². The van der Waals surface area contributed by atoms with Crippen LogP contribution in [0.4, 0.5) is 0 Å². The molecule has 96 valence electrons. The summed E-state index contributed by atoms with van der Waals surface area (Å²) in [6.07, 6.45) is 1.60. The molecule has 1 heterocycles. The summed E-state index contributed by atoms with van der Waals surface area (Å²) >= 11 is 0. The van der Waals surface area contributed by atoms with Gasteiger partial charge in [0.05, 0.1) is 6.54 Å². The number of nitrogens with zero attached hydrogens (tertiary/aromatic N) is 2. The maximum Gasteiger partial charge on any atom is 0.233 e. The quantitative estimate of drug-likeness (QED) is 0.722. The van der Waals surface area contributed by atoms with E-state index in [0.717, 1.165) is 6.42 Å². The number of amides is 1. The van der Waals surface area contributed by atoms with Crippen molar-refractivity contribution < 1.29 is 9.32 Å². The molecule has 0 spiro atoms. The molecule has 0 fully saturated rings. The summed E-state index contributed by atoms with van der Waals surface area (Å²) in [6.45, 7) is 6.74. The predicted molar refractivity (Wildman–Crippen MR) is 63.5 cm³/mol. The largest absolute Gasteiger partial charge is 0.355 e. The van der Waals surface area contributed by atoms with E-state index < -0.39 is 0 Å². The van der Waals surface area contributed by atoms with Crippen LogP contribution in [0.3, 0.4) is 0 Å². The molecule has 1 rings (SSSR count). The van der Waals surface area contributed by atoms with Gasteiger partial charge in [0.2, 0.25) is 11.8 Å². The molecular weight excluding hydrogens is 220 g/mol. The fourth-order valence-corrected chi connectivity index (χ4v) is 1.23. The van der Waals surface area contributed by atoms with Crippen LogP contribution in [0, 0.1) is 6.92 Å². The van der Waals surface area contributed by atoms with Crippen LogP contribution in [0.15, 0.2) is 4.52 Å². The molecule has 1 unspecified atom stereocenters. The highest BCUT2D eigenvalue weighted by Crippen LogP contribution is 1.94. The van der Waals surface area contributed by atoms with Crippen LogP contribution in [-0.2, 0) is 11.2 Å². The molecule has 0 saturated heterocycles. The van der Waals surface area contributed by atoms with Gasteiger partial charge < -0.3 is 15.2 Å². The Morgan fingerprint density at radius 3 is 2.88 bits per heavy atom. The topological polar surface area (TPSA) is 80.0 Å². The minimum absolute atomic E-state index is 0.00878. The van der Waals surface area contributed by atoms with Crippen LogP contribution >= 0.6 is 0 Å². The van der Waals surface area contributed by atoms with E-state index in [0.29, 0.717) is 37.3 Å². The minimum Gasteiger partial charge on any atom is -0.355 e. The molecule has 0 aliphatic carbocycles. The maximum absolute atomic E-state index is 11.4. The second kappa shape index (κ2) is 7.01. The number of carbonyl (C=O) groups is 1. The summed E-state index contributed by atoms with van der Waals surface area (Å²) in [7, 11) is 0. The van der Waals surface area contributed by atoms with Gasteiger partial charge in [0.1, 0.15) is 0 Å². The number of aryl methyl sites for hydroxylation is 1. The van der Waals surface area contributed by atoms with Crippen LogP contribution in [0.2, 0.25) is 0 Å². The molecule has 2 N–H and O–H groups in total. The number of aromatic nitrogens is 2. The molecule has 1 atom stereocenters. The molecular formula is C11H20N4O2. The standard InChI is InChI=1S/C11H20N4O2/c1-4-8(2)13-7-11(16)12-6-5-10-14-9(3)17-15-10/h8,13H,4-7H2,1-3H3,(H,12,16). The van der Waals surface area contributed by atoms with Gasteiger partial charge in [0.15, 0.2) is 5.82 Å². The summed E-state index contributed by atoms with van der Waals surface area (Å²) in [4.78, 5) is 15.5. The molecule has 17 heavy (non-hydrogen) atoms. The normalized spacial score (nSPS) is 12.4. The van der Waals surface area contributed by atoms with Gasteiger partial charge in [0, 0.05) is 25.9 Å². The lowest BCUT2D eigenvalue weighted by Gasteiger charge is -2.10. The van der Waals surface area contributed by atoms with E-state index in [9.17, 15) is 4.79 Å². The molecule has 0 saturated carbocycles. The first-order valence-corrected chi connectivity index (χ1v) is 5.91. The molecule has 0 bridgehead atoms. The van der Waals surface area contributed by atoms with Crippen LogP contribution in [-0.4, -0.2) is 35.2 Å². The smallest absolute Gasteiger partial charge is 0.233 e. The molecule has 0 aliphatic heterocycles. The van der Waals surface area contributed by atoms with E-state index in [1.165, 1.54) is 0 Å². The van der Waals surface area contributed by atoms with Crippen molar-refractivity contribution in [1.82, 2.24) is 20.8 Å². The van der Waals surface area contributed by atoms with Crippen LogP contribution in [0.1, 0.15) is 32.0 Å². The van der Waals surface area contributed by atoms with Gasteiger partial charge in [-0.3, -0.25) is 4.79 Å². The van der Waals surface area contributed by atoms with Gasteiger partial charge in [-0.15, -0.1) is 0 Å². The lowest BCUT2D eigenvalue weighted by molar-refractivity contribution is -0.120. The first-order valence-electron chi connectivity index (χ1n) is 5.91. The predicted octanol–water partition coefficient (Wildman–Crippen LogP) is 0.425. The van der Waals surface area contributed by atoms with Crippen molar-refractivity contribution in [2.24, 2.45) is 0 Å². The second-order valence-electron chi connectivity index (χ2n) is 4.02. The van der Waals surface area contributed by atoms with E-state index >= 15 is 0 Å². The number of hydrogen-bond donors (Lipinski definition) is 2. The lowest BCUT2D eigenvalue weighted by atomic mass is 10.2. The molecule has 6 nitrogen and oxygen atoms in total. The molecule has 0 aliphatic rings. The van der Waals surface area contributed by atoms with E-state index in [1.54, 1.807) is 6.92 Å². The lowest BCUT2D eigenvalue weighted by Crippen LogP contribution is -2.38. The Labute approximate surface area is 101 Å². The zero-order chi connectivity index (χ0) is 12.7. The SMILES string of the molecule is CCC(C)NCC(=O)NCCc1noc(C)n1. The summed E-state index contributed by atoms with van der Waals surface area (Å²) in [5.41, 5.74) is 0. The summed E-state index contributed by atoms with van der Waals surface area (Å²) in [6, 6.07) is 0.362. The monoisotopic (exact) mass is 240 g/mol. The van der Waals surface area contributed by atoms with Gasteiger partial charge in [-0.1, -0.05) is 12.1 Å². The van der Waals surface area contributed by atoms with E-state index in [4.69, 9.17) is 4.52 Å². The fraction of sp³-hybridized carbons (Fsp3) is 0.727. The van der Waals surface area contributed by atoms with Crippen molar-refractivity contribution >= 4 is 5.91 Å². The molecule has 0 aromatic carbocycles. The van der Waals surface area contributed by atoms with Gasteiger partial charge >= 0.3 is 0 Å². The van der Waals surface area contributed by atoms with Crippen molar-refractivity contribution in [2.75, 3.05) is 13.1 Å². The van der Waals surface area contributed by atoms with Gasteiger partial charge in [-0.2, -0.15) is 4.98 Å². The maximum atomic E-state index is 11.4. The van der Waals surface area contributed by atoms with Crippen LogP contribution in [0.25, 0.3) is 0 Å². The third kappa shape index (κ3) is 5.44. The third-order valence-corrected chi connectivity index (χ3v) is 2.46.